The molecule has 0 heterocycles. The first-order chi connectivity index (χ1) is 15.8. The van der Waals surface area contributed by atoms with E-state index in [-0.39, 0.29) is 11.6 Å². The third-order valence-corrected chi connectivity index (χ3v) is 23.2. The summed E-state index contributed by atoms with van der Waals surface area (Å²) in [7, 11) is -3.43. The first-order valence-corrected chi connectivity index (χ1v) is 19.8. The molecule has 0 radical (unpaired) electrons. The Kier molecular flexibility index (Phi) is 7.87. The topological polar surface area (TPSA) is 43.4 Å². The normalized spacial score (nSPS) is 12.4. The number of carbonyl (C=O) groups is 2. The lowest BCUT2D eigenvalue weighted by atomic mass is 9.97. The Labute approximate surface area is 209 Å². The molecule has 0 amide bonds. The third kappa shape index (κ3) is 6.24. The zero-order valence-electron chi connectivity index (χ0n) is 21.1. The van der Waals surface area contributed by atoms with Crippen molar-refractivity contribution in [2.75, 3.05) is 0 Å². The highest BCUT2D eigenvalue weighted by molar-refractivity contribution is 7.99. The maximum Gasteiger partial charge on any atom is 0.193 e. The highest BCUT2D eigenvalue weighted by Crippen LogP contribution is 2.31. The molecule has 0 N–H and O–H groups in total. The minimum Gasteiger partial charge on any atom is -0.408 e. The molecule has 6 heteroatoms. The molecule has 0 fully saturated rings. The number of benzene rings is 3. The van der Waals surface area contributed by atoms with Crippen molar-refractivity contribution in [3.63, 3.8) is 0 Å². The van der Waals surface area contributed by atoms with E-state index < -0.39 is 21.0 Å². The van der Waals surface area contributed by atoms with Crippen molar-refractivity contribution in [3.05, 3.63) is 95.6 Å². The lowest BCUT2D eigenvalue weighted by molar-refractivity contribution is 0.0568. The van der Waals surface area contributed by atoms with Crippen LogP contribution in [0.1, 0.15) is 40.1 Å². The van der Waals surface area contributed by atoms with Crippen LogP contribution in [0.2, 0.25) is 32.7 Å². The largest absolute Gasteiger partial charge is 0.408 e. The second-order valence-electron chi connectivity index (χ2n) is 10.5. The number of Topliss-reactive ketones (excluding diaryl/α,β-unsaturated/α-hetero) is 1. The predicted molar refractivity (Wildman–Crippen MR) is 147 cm³/mol. The van der Waals surface area contributed by atoms with Crippen molar-refractivity contribution in [1.82, 2.24) is 0 Å². The van der Waals surface area contributed by atoms with E-state index in [1.165, 1.54) is 0 Å². The SMILES string of the molecule is CC(C)(O[Si](C)(C)[Si](C)(C)C)C(=O)c1ccc(Sc2ccc(C(=O)c3ccccc3)cc2)cc1. The van der Waals surface area contributed by atoms with Gasteiger partial charge in [-0.3, -0.25) is 9.59 Å². The molecule has 0 saturated heterocycles. The van der Waals surface area contributed by atoms with Crippen LogP contribution in [0.15, 0.2) is 88.7 Å². The lowest BCUT2D eigenvalue weighted by Gasteiger charge is -2.41. The molecule has 3 nitrogen and oxygen atoms in total. The zero-order chi connectivity index (χ0) is 25.1. The van der Waals surface area contributed by atoms with Gasteiger partial charge in [0.2, 0.25) is 0 Å². The van der Waals surface area contributed by atoms with Gasteiger partial charge in [0.25, 0.3) is 0 Å². The molecule has 0 aliphatic heterocycles. The van der Waals surface area contributed by atoms with Crippen LogP contribution in [0, 0.1) is 0 Å². The van der Waals surface area contributed by atoms with Crippen LogP contribution in [0.3, 0.4) is 0 Å². The molecule has 178 valence electrons. The van der Waals surface area contributed by atoms with Crippen molar-refractivity contribution < 1.29 is 14.0 Å². The summed E-state index contributed by atoms with van der Waals surface area (Å²) in [5.41, 5.74) is 1.18. The third-order valence-electron chi connectivity index (χ3n) is 6.37. The fourth-order valence-electron chi connectivity index (χ4n) is 3.43. The number of carbonyl (C=O) groups excluding carboxylic acids is 2. The minimum atomic E-state index is -1.94. The molecule has 0 unspecified atom stereocenters. The first kappa shape index (κ1) is 26.4. The Hall–Kier alpha value is -2.26. The Morgan fingerprint density at radius 3 is 1.59 bits per heavy atom. The summed E-state index contributed by atoms with van der Waals surface area (Å²) in [6.45, 7) is 15.2. The van der Waals surface area contributed by atoms with E-state index in [1.54, 1.807) is 11.8 Å². The molecule has 0 aromatic heterocycles. The molecule has 0 aliphatic rings. The van der Waals surface area contributed by atoms with E-state index in [1.807, 2.05) is 92.7 Å². The van der Waals surface area contributed by atoms with Crippen LogP contribution in [-0.2, 0) is 4.43 Å². The van der Waals surface area contributed by atoms with Gasteiger partial charge in [-0.15, -0.1) is 0 Å². The second-order valence-corrected chi connectivity index (χ2v) is 27.5. The summed E-state index contributed by atoms with van der Waals surface area (Å²) >= 11 is 1.60. The molecule has 34 heavy (non-hydrogen) atoms. The lowest BCUT2D eigenvalue weighted by Crippen LogP contribution is -2.59. The van der Waals surface area contributed by atoms with Crippen LogP contribution in [0.4, 0.5) is 0 Å². The fourth-order valence-corrected chi connectivity index (χ4v) is 7.60. The highest BCUT2D eigenvalue weighted by atomic mass is 32.2. The molecule has 0 bridgehead atoms. The van der Waals surface area contributed by atoms with Gasteiger partial charge in [0, 0.05) is 26.5 Å². The molecule has 0 aliphatic carbocycles. The van der Waals surface area contributed by atoms with Crippen molar-refractivity contribution in [2.45, 2.75) is 62.0 Å². The standard InChI is InChI=1S/C28H34O3SSi2/c1-28(2,31-34(6,7)33(3,4)5)27(30)23-15-19-25(20-16-23)32-24-17-13-22(14-18-24)26(29)21-11-9-8-10-12-21/h8-20H,1-7H3. The van der Waals surface area contributed by atoms with E-state index in [4.69, 9.17) is 4.43 Å². The fraction of sp³-hybridized carbons (Fsp3) is 0.286. The van der Waals surface area contributed by atoms with Gasteiger partial charge in [0.15, 0.2) is 19.4 Å². The summed E-state index contributed by atoms with van der Waals surface area (Å²) in [6, 6.07) is 24.6. The summed E-state index contributed by atoms with van der Waals surface area (Å²) in [6.07, 6.45) is 0. The van der Waals surface area contributed by atoms with Crippen LogP contribution >= 0.6 is 11.8 Å². The summed E-state index contributed by atoms with van der Waals surface area (Å²) in [5, 5.41) is 0. The summed E-state index contributed by atoms with van der Waals surface area (Å²) in [5.74, 6) is 0.0388. The quantitative estimate of drug-likeness (QED) is 0.221. The number of rotatable bonds is 9. The molecule has 0 saturated carbocycles. The van der Waals surface area contributed by atoms with E-state index >= 15 is 0 Å². The molecule has 3 aromatic carbocycles. The minimum absolute atomic E-state index is 0.0187. The predicted octanol–water partition coefficient (Wildman–Crippen LogP) is 7.67. The molecular weight excluding hydrogens is 473 g/mol. The van der Waals surface area contributed by atoms with E-state index in [9.17, 15) is 9.59 Å². The maximum atomic E-state index is 13.2. The molecule has 3 aromatic rings. The molecule has 0 spiro atoms. The van der Waals surface area contributed by atoms with Gasteiger partial charge >= 0.3 is 0 Å². The van der Waals surface area contributed by atoms with Gasteiger partial charge in [-0.2, -0.15) is 0 Å². The average Bonchev–Trinajstić information content (AvgIpc) is 2.78. The van der Waals surface area contributed by atoms with Crippen molar-refractivity contribution in [3.8, 4) is 0 Å². The Balaban J connectivity index is 1.68. The second kappa shape index (κ2) is 10.2. The monoisotopic (exact) mass is 506 g/mol. The van der Waals surface area contributed by atoms with Crippen LogP contribution in [-0.4, -0.2) is 32.6 Å². The van der Waals surface area contributed by atoms with Crippen molar-refractivity contribution in [1.29, 1.82) is 0 Å². The van der Waals surface area contributed by atoms with Gasteiger partial charge in [0.1, 0.15) is 5.60 Å². The number of hydrogen-bond donors (Lipinski definition) is 0. The molecule has 0 atom stereocenters. The first-order valence-electron chi connectivity index (χ1n) is 11.5. The van der Waals surface area contributed by atoms with Gasteiger partial charge in [-0.05, 0) is 63.3 Å². The average molecular weight is 507 g/mol. The summed E-state index contributed by atoms with van der Waals surface area (Å²) < 4.78 is 6.51. The zero-order valence-corrected chi connectivity index (χ0v) is 24.0. The van der Waals surface area contributed by atoms with Gasteiger partial charge < -0.3 is 4.43 Å². The number of hydrogen-bond acceptors (Lipinski definition) is 4. The Morgan fingerprint density at radius 1 is 0.676 bits per heavy atom. The van der Waals surface area contributed by atoms with Crippen LogP contribution in [0.25, 0.3) is 0 Å². The van der Waals surface area contributed by atoms with E-state index in [0.29, 0.717) is 16.7 Å². The van der Waals surface area contributed by atoms with E-state index in [0.717, 1.165) is 9.79 Å². The number of ketones is 2. The van der Waals surface area contributed by atoms with Crippen LogP contribution in [0.5, 0.6) is 0 Å². The van der Waals surface area contributed by atoms with Crippen LogP contribution < -0.4 is 0 Å². The van der Waals surface area contributed by atoms with Gasteiger partial charge in [-0.25, -0.2) is 0 Å². The molecule has 3 rings (SSSR count). The van der Waals surface area contributed by atoms with Crippen molar-refractivity contribution >= 4 is 38.8 Å². The molecular formula is C28H34O3SSi2. The Morgan fingerprint density at radius 2 is 1.12 bits per heavy atom. The maximum absolute atomic E-state index is 13.2. The van der Waals surface area contributed by atoms with Crippen molar-refractivity contribution in [2.24, 2.45) is 0 Å². The smallest absolute Gasteiger partial charge is 0.193 e. The van der Waals surface area contributed by atoms with Gasteiger partial charge in [-0.1, -0.05) is 73.9 Å². The van der Waals surface area contributed by atoms with E-state index in [2.05, 4.69) is 32.7 Å². The van der Waals surface area contributed by atoms with Gasteiger partial charge in [0.05, 0.1) is 7.59 Å². The highest BCUT2D eigenvalue weighted by Gasteiger charge is 2.45. The summed E-state index contributed by atoms with van der Waals surface area (Å²) in [4.78, 5) is 27.9. The Bertz CT molecular complexity index is 1150.